The second-order valence-electron chi connectivity index (χ2n) is 11.3. The van der Waals surface area contributed by atoms with Gasteiger partial charge in [0.15, 0.2) is 34.5 Å². The Hall–Kier alpha value is -5.83. The molecular formula is C34H32F3N3O9. The van der Waals surface area contributed by atoms with Gasteiger partial charge >= 0.3 is 12.1 Å². The fourth-order valence-corrected chi connectivity index (χ4v) is 5.60. The Morgan fingerprint density at radius 3 is 2.14 bits per heavy atom. The Bertz CT molecular complexity index is 2280. The molecule has 12 nitrogen and oxygen atoms in total. The van der Waals surface area contributed by atoms with Crippen molar-refractivity contribution in [2.24, 2.45) is 0 Å². The number of fused-ring (bicyclic) bond motifs is 7. The lowest BCUT2D eigenvalue weighted by Crippen LogP contribution is -2.21. The Morgan fingerprint density at radius 1 is 0.878 bits per heavy atom. The molecule has 0 aliphatic heterocycles. The normalized spacial score (nSPS) is 11.7. The molecule has 15 heteroatoms. The molecule has 0 amide bonds. The van der Waals surface area contributed by atoms with Crippen LogP contribution in [-0.2, 0) is 4.79 Å². The van der Waals surface area contributed by atoms with Crippen LogP contribution in [0.4, 0.5) is 13.2 Å². The number of ether oxygens (including phenoxy) is 3. The smallest absolute Gasteiger partial charge is 0.490 e. The van der Waals surface area contributed by atoms with Gasteiger partial charge in [0, 0.05) is 40.5 Å². The van der Waals surface area contributed by atoms with Gasteiger partial charge in [-0.2, -0.15) is 13.2 Å². The van der Waals surface area contributed by atoms with Crippen molar-refractivity contribution in [1.82, 2.24) is 14.3 Å². The zero-order valence-corrected chi connectivity index (χ0v) is 26.7. The van der Waals surface area contributed by atoms with Gasteiger partial charge in [-0.25, -0.2) is 4.79 Å². The number of carboxylic acids is 1. The second-order valence-corrected chi connectivity index (χ2v) is 11.3. The first-order valence-corrected chi connectivity index (χ1v) is 14.7. The van der Waals surface area contributed by atoms with Crippen LogP contribution in [0.2, 0.25) is 0 Å². The molecule has 0 bridgehead atoms. The highest BCUT2D eigenvalue weighted by molar-refractivity contribution is 6.22. The maximum Gasteiger partial charge on any atom is 0.490 e. The number of nitrogens with one attached hydrogen (secondary N) is 1. The maximum atomic E-state index is 13.7. The summed E-state index contributed by atoms with van der Waals surface area (Å²) in [5, 5.41) is 42.0. The van der Waals surface area contributed by atoms with Crippen molar-refractivity contribution in [2.75, 3.05) is 41.5 Å². The quantitative estimate of drug-likeness (QED) is 0.123. The average molecular weight is 684 g/mol. The van der Waals surface area contributed by atoms with Crippen molar-refractivity contribution in [3.63, 3.8) is 0 Å². The minimum absolute atomic E-state index is 0.0135. The van der Waals surface area contributed by atoms with Crippen molar-refractivity contribution in [1.29, 1.82) is 0 Å². The molecule has 6 aromatic rings. The molecule has 0 spiro atoms. The summed E-state index contributed by atoms with van der Waals surface area (Å²) in [7, 11) is 6.90. The van der Waals surface area contributed by atoms with Crippen LogP contribution in [0.25, 0.3) is 49.2 Å². The molecule has 3 aromatic carbocycles. The molecule has 0 saturated heterocycles. The number of aromatic nitrogens is 2. The molecule has 0 atom stereocenters. The molecule has 3 aromatic heterocycles. The van der Waals surface area contributed by atoms with E-state index in [-0.39, 0.29) is 34.3 Å². The summed E-state index contributed by atoms with van der Waals surface area (Å²) >= 11 is 0. The number of carboxylic acid groups (broad SMARTS) is 1. The number of hydrogen-bond donors (Lipinski definition) is 5. The van der Waals surface area contributed by atoms with E-state index in [1.165, 1.54) is 14.2 Å². The lowest BCUT2D eigenvalue weighted by molar-refractivity contribution is -0.192. The third kappa shape index (κ3) is 6.65. The third-order valence-electron chi connectivity index (χ3n) is 7.76. The molecule has 0 radical (unpaired) electrons. The third-order valence-corrected chi connectivity index (χ3v) is 7.76. The zero-order valence-electron chi connectivity index (χ0n) is 26.7. The molecule has 3 heterocycles. The Balaban J connectivity index is 0.000000606. The van der Waals surface area contributed by atoms with Crippen molar-refractivity contribution in [3.8, 4) is 45.6 Å². The van der Waals surface area contributed by atoms with E-state index in [2.05, 4.69) is 9.88 Å². The van der Waals surface area contributed by atoms with Crippen molar-refractivity contribution in [2.45, 2.75) is 12.6 Å². The van der Waals surface area contributed by atoms with Crippen molar-refractivity contribution < 1.29 is 52.6 Å². The first-order chi connectivity index (χ1) is 23.2. The van der Waals surface area contributed by atoms with Gasteiger partial charge in [0.05, 0.1) is 31.9 Å². The number of phenols is 3. The fraction of sp³-hybridized carbons (Fsp3) is 0.235. The summed E-state index contributed by atoms with van der Waals surface area (Å²) in [6.45, 7) is 1.23. The highest BCUT2D eigenvalue weighted by atomic mass is 19.4. The average Bonchev–Trinajstić information content (AvgIpc) is 3.39. The highest BCUT2D eigenvalue weighted by Gasteiger charge is 2.38. The summed E-state index contributed by atoms with van der Waals surface area (Å²) in [4.78, 5) is 27.7. The zero-order chi connectivity index (χ0) is 35.8. The number of halogens is 3. The Morgan fingerprint density at radius 2 is 1.53 bits per heavy atom. The number of hydrogen-bond acceptors (Lipinski definition) is 9. The van der Waals surface area contributed by atoms with Crippen molar-refractivity contribution >= 4 is 44.1 Å². The van der Waals surface area contributed by atoms with Gasteiger partial charge in [0.25, 0.3) is 5.56 Å². The van der Waals surface area contributed by atoms with E-state index in [1.54, 1.807) is 53.1 Å². The Kier molecular flexibility index (Phi) is 9.40. The number of aromatic amines is 1. The number of H-pyrrole nitrogens is 1. The van der Waals surface area contributed by atoms with Crippen LogP contribution < -0.4 is 19.8 Å². The molecule has 5 N–H and O–H groups in total. The monoisotopic (exact) mass is 683 g/mol. The predicted octanol–water partition coefficient (Wildman–Crippen LogP) is 5.85. The van der Waals surface area contributed by atoms with E-state index >= 15 is 0 Å². The molecule has 258 valence electrons. The summed E-state index contributed by atoms with van der Waals surface area (Å²) in [6.07, 6.45) is -2.55. The number of carbonyl (C=O) groups is 1. The fourth-order valence-electron chi connectivity index (χ4n) is 5.60. The predicted molar refractivity (Wildman–Crippen MR) is 176 cm³/mol. The van der Waals surface area contributed by atoms with Gasteiger partial charge in [-0.1, -0.05) is 6.07 Å². The van der Waals surface area contributed by atoms with Gasteiger partial charge < -0.3 is 48.9 Å². The van der Waals surface area contributed by atoms with Crippen LogP contribution in [0.3, 0.4) is 0 Å². The lowest BCUT2D eigenvalue weighted by atomic mass is 9.97. The Labute approximate surface area is 275 Å². The van der Waals surface area contributed by atoms with Gasteiger partial charge in [-0.15, -0.1) is 0 Å². The molecule has 6 rings (SSSR count). The number of benzene rings is 3. The summed E-state index contributed by atoms with van der Waals surface area (Å²) < 4.78 is 50.1. The number of methoxy groups -OCH3 is 2. The molecule has 49 heavy (non-hydrogen) atoms. The number of alkyl halides is 3. The number of rotatable bonds is 8. The van der Waals surface area contributed by atoms with E-state index < -0.39 is 12.1 Å². The van der Waals surface area contributed by atoms with Crippen LogP contribution in [0, 0.1) is 0 Å². The van der Waals surface area contributed by atoms with E-state index in [1.807, 2.05) is 20.2 Å². The molecule has 0 unspecified atom stereocenters. The maximum absolute atomic E-state index is 13.7. The van der Waals surface area contributed by atoms with Gasteiger partial charge in [0.2, 0.25) is 0 Å². The van der Waals surface area contributed by atoms with Gasteiger partial charge in [-0.3, -0.25) is 4.79 Å². The summed E-state index contributed by atoms with van der Waals surface area (Å²) in [5.41, 5.74) is 2.43. The topological polar surface area (TPSA) is 166 Å². The largest absolute Gasteiger partial charge is 0.504 e. The first-order valence-electron chi connectivity index (χ1n) is 14.7. The van der Waals surface area contributed by atoms with Crippen LogP contribution in [0.1, 0.15) is 6.42 Å². The summed E-state index contributed by atoms with van der Waals surface area (Å²) in [5.74, 6) is -2.04. The van der Waals surface area contributed by atoms with Crippen molar-refractivity contribution in [3.05, 3.63) is 65.1 Å². The molecule has 0 saturated carbocycles. The van der Waals surface area contributed by atoms with Gasteiger partial charge in [0.1, 0.15) is 5.52 Å². The van der Waals surface area contributed by atoms with E-state index in [0.29, 0.717) is 56.2 Å². The van der Waals surface area contributed by atoms with Gasteiger partial charge in [-0.05, 0) is 67.9 Å². The number of aliphatic carboxylic acids is 1. The minimum Gasteiger partial charge on any atom is -0.504 e. The van der Waals surface area contributed by atoms with E-state index in [9.17, 15) is 33.3 Å². The van der Waals surface area contributed by atoms with E-state index in [4.69, 9.17) is 24.1 Å². The second kappa shape index (κ2) is 13.4. The lowest BCUT2D eigenvalue weighted by Gasteiger charge is -2.13. The molecule has 0 aliphatic rings. The number of aromatic hydroxyl groups is 3. The standard InChI is InChI=1S/C32H31N3O7.C2HF3O2/c1-34(2)9-5-11-42-27-16-21-20(14-24(27)38)29-28(18-6-7-25(40-3)22(36)13-18)30-19-15-26(41-4)23(37)12-17(19)8-10-35(30)31(29)32(39)33-21;3-2(4,5)1(6)7/h6-8,10,12-16,36-38H,5,9,11H2,1-4H3,(H,33,39);(H,6,7). The SMILES string of the molecule is COc1ccc(-c2c3c4cc(O)c(OCCCN(C)C)cc4[nH]c(=O)c3n3ccc4cc(O)c(OC)cc4c23)cc1O.O=C(O)C(F)(F)F. The minimum atomic E-state index is -5.08. The molecular weight excluding hydrogens is 651 g/mol. The summed E-state index contributed by atoms with van der Waals surface area (Å²) in [6, 6.07) is 13.4. The molecule has 0 aliphatic carbocycles. The highest BCUT2D eigenvalue weighted by Crippen LogP contribution is 2.45. The van der Waals surface area contributed by atoms with Crippen LogP contribution >= 0.6 is 0 Å². The number of phenolic OH excluding ortho intramolecular Hbond substituents is 3. The first kappa shape index (κ1) is 34.5. The van der Waals surface area contributed by atoms with Crippen LogP contribution in [0.5, 0.6) is 34.5 Å². The number of pyridine rings is 2. The van der Waals surface area contributed by atoms with E-state index in [0.717, 1.165) is 18.4 Å². The molecule has 0 fully saturated rings. The van der Waals surface area contributed by atoms with Crippen LogP contribution in [0.15, 0.2) is 59.5 Å². The van der Waals surface area contributed by atoms with Crippen LogP contribution in [-0.4, -0.2) is 88.3 Å². The number of nitrogens with zero attached hydrogens (tertiary/aromatic N) is 2.